The number of carbonyl (C=O) groups is 2. The van der Waals surface area contributed by atoms with Gasteiger partial charge in [0.2, 0.25) is 18.1 Å². The third kappa shape index (κ3) is 17.8. The number of hydrogen-bond acceptors (Lipinski definition) is 11. The van der Waals surface area contributed by atoms with E-state index in [9.17, 15) is 30.0 Å². The first kappa shape index (κ1) is 45.7. The van der Waals surface area contributed by atoms with E-state index in [0.717, 1.165) is 33.9 Å². The second-order valence-corrected chi connectivity index (χ2v) is 14.9. The number of anilines is 2. The fourth-order valence-electron chi connectivity index (χ4n) is 5.30. The van der Waals surface area contributed by atoms with Crippen LogP contribution in [0, 0.1) is 0 Å². The molecule has 0 fully saturated rings. The van der Waals surface area contributed by atoms with E-state index in [-0.39, 0.29) is 51.3 Å². The van der Waals surface area contributed by atoms with Crippen molar-refractivity contribution in [3.63, 3.8) is 0 Å². The molecule has 0 saturated carbocycles. The molecule has 0 bridgehead atoms. The van der Waals surface area contributed by atoms with Crippen LogP contribution in [-0.2, 0) is 16.1 Å². The molecule has 0 unspecified atom stereocenters. The zero-order chi connectivity index (χ0) is 40.2. The highest BCUT2D eigenvalue weighted by Gasteiger charge is 2.13. The molecule has 0 radical (unpaired) electrons. The topological polar surface area (TPSA) is 162 Å². The number of aromatic nitrogens is 1. The normalized spacial score (nSPS) is 11.8. The molecule has 2 amide bonds. The van der Waals surface area contributed by atoms with Crippen molar-refractivity contribution >= 4 is 68.7 Å². The van der Waals surface area contributed by atoms with Gasteiger partial charge in [0.25, 0.3) is 5.91 Å². The number of hydrogen-bond donors (Lipinski definition) is 6. The molecule has 0 saturated heterocycles. The number of aliphatic hydroxyl groups is 4. The highest BCUT2D eigenvalue weighted by Crippen LogP contribution is 2.20. The van der Waals surface area contributed by atoms with Gasteiger partial charge in [-0.15, -0.1) is 0 Å². The van der Waals surface area contributed by atoms with Crippen molar-refractivity contribution in [2.45, 2.75) is 6.54 Å². The number of pyridine rings is 1. The molecule has 1 aromatic heterocycles. The highest BCUT2D eigenvalue weighted by atomic mass is 33.1. The third-order valence-electron chi connectivity index (χ3n) is 8.09. The summed E-state index contributed by atoms with van der Waals surface area (Å²) in [5.41, 5.74) is 5.28. The van der Waals surface area contributed by atoms with Crippen LogP contribution in [0.2, 0.25) is 0 Å². The Morgan fingerprint density at radius 3 is 1.77 bits per heavy atom. The number of nitrogens with zero attached hydrogens (tertiary/aromatic N) is 4. The van der Waals surface area contributed by atoms with E-state index in [1.807, 2.05) is 112 Å². The Kier molecular flexibility index (Phi) is 22.7. The molecule has 0 atom stereocenters. The monoisotopic (exact) mass is 803 g/mol. The summed E-state index contributed by atoms with van der Waals surface area (Å²) in [4.78, 5) is 33.5. The lowest BCUT2D eigenvalue weighted by molar-refractivity contribution is -0.686. The molecule has 0 aliphatic carbocycles. The van der Waals surface area contributed by atoms with Gasteiger partial charge < -0.3 is 40.9 Å². The Bertz CT molecular complexity index is 1720. The maximum Gasteiger partial charge on any atom is 0.286 e. The van der Waals surface area contributed by atoms with Gasteiger partial charge in [-0.05, 0) is 59.7 Å². The van der Waals surface area contributed by atoms with E-state index in [1.54, 1.807) is 39.8 Å². The van der Waals surface area contributed by atoms with Crippen molar-refractivity contribution in [3.8, 4) is 0 Å². The molecule has 0 aliphatic heterocycles. The number of nitrogens with one attached hydrogen (secondary N) is 2. The van der Waals surface area contributed by atoms with Gasteiger partial charge in [-0.25, -0.2) is 0 Å². The lowest BCUT2D eigenvalue weighted by atomic mass is 10.1. The fraction of sp³-hybridized carbons (Fsp3) is 0.333. The molecule has 12 nitrogen and oxygen atoms in total. The van der Waals surface area contributed by atoms with Crippen molar-refractivity contribution in [1.82, 2.24) is 10.6 Å². The van der Waals surface area contributed by atoms with Gasteiger partial charge in [-0.1, -0.05) is 70.7 Å². The van der Waals surface area contributed by atoms with Crippen LogP contribution in [0.5, 0.6) is 0 Å². The van der Waals surface area contributed by atoms with Crippen LogP contribution in [0.1, 0.15) is 16.8 Å². The number of amides is 2. The number of carbonyl (C=O) groups excluding carboxylic acids is 2. The summed E-state index contributed by atoms with van der Waals surface area (Å²) in [6.07, 6.45) is 14.8. The summed E-state index contributed by atoms with van der Waals surface area (Å²) >= 11 is 0. The quantitative estimate of drug-likeness (QED) is 0.0222. The first-order chi connectivity index (χ1) is 27.4. The zero-order valence-electron chi connectivity index (χ0n) is 31.8. The van der Waals surface area contributed by atoms with E-state index in [2.05, 4.69) is 22.2 Å². The average Bonchev–Trinajstić information content (AvgIpc) is 3.21. The lowest BCUT2D eigenvalue weighted by Gasteiger charge is -2.22. The Morgan fingerprint density at radius 1 is 0.696 bits per heavy atom. The number of aliphatic hydroxyl groups excluding tert-OH is 4. The Labute approximate surface area is 338 Å². The maximum absolute atomic E-state index is 12.7. The summed E-state index contributed by atoms with van der Waals surface area (Å²) in [6, 6.07) is 21.4. The van der Waals surface area contributed by atoms with Crippen LogP contribution < -0.4 is 25.0 Å². The first-order valence-electron chi connectivity index (χ1n) is 18.5. The van der Waals surface area contributed by atoms with Crippen LogP contribution in [0.4, 0.5) is 11.4 Å². The van der Waals surface area contributed by atoms with Crippen molar-refractivity contribution in [2.75, 3.05) is 93.5 Å². The van der Waals surface area contributed by atoms with Crippen LogP contribution in [-0.4, -0.2) is 122 Å². The highest BCUT2D eigenvalue weighted by molar-refractivity contribution is 8.76. The summed E-state index contributed by atoms with van der Waals surface area (Å²) in [5, 5.41) is 43.1. The number of allylic oxidation sites excluding steroid dienone is 4. The average molecular weight is 804 g/mol. The molecule has 56 heavy (non-hydrogen) atoms. The van der Waals surface area contributed by atoms with Gasteiger partial charge in [0, 0.05) is 80.4 Å². The molecular weight excluding hydrogens is 749 g/mol. The predicted octanol–water partition coefficient (Wildman–Crippen LogP) is 3.24. The molecule has 0 aliphatic rings. The molecule has 14 heteroatoms. The molecule has 0 spiro atoms. The van der Waals surface area contributed by atoms with Crippen LogP contribution in [0.25, 0.3) is 18.2 Å². The largest absolute Gasteiger partial charge is 0.395 e. The summed E-state index contributed by atoms with van der Waals surface area (Å²) in [7, 11) is 3.26. The van der Waals surface area contributed by atoms with Gasteiger partial charge in [0.05, 0.1) is 32.1 Å². The lowest BCUT2D eigenvalue weighted by Crippen LogP contribution is -2.45. The van der Waals surface area contributed by atoms with Crippen molar-refractivity contribution in [1.29, 1.82) is 0 Å². The zero-order valence-corrected chi connectivity index (χ0v) is 33.4. The summed E-state index contributed by atoms with van der Waals surface area (Å²) < 4.78 is 1.89. The Balaban J connectivity index is 1.35. The Hall–Kier alpha value is -4.70. The van der Waals surface area contributed by atoms with Gasteiger partial charge in [-0.3, -0.25) is 14.6 Å². The van der Waals surface area contributed by atoms with E-state index in [0.29, 0.717) is 50.7 Å². The summed E-state index contributed by atoms with van der Waals surface area (Å²) in [6.45, 7) is 6.72. The SMILES string of the molecule is C=C\C=C/C(/C=C/c1ccc(N(CCO)CCO)cc1)=N/CC(=O)NCCSSCCNC(=O)C[n+]1ccccc1/C=C/c1ccc(N(CCO)CCO)cc1. The molecule has 6 N–H and O–H groups in total. The van der Waals surface area contributed by atoms with E-state index < -0.39 is 0 Å². The fourth-order valence-corrected chi connectivity index (χ4v) is 7.12. The van der Waals surface area contributed by atoms with E-state index >= 15 is 0 Å². The van der Waals surface area contributed by atoms with Crippen molar-refractivity contribution < 1.29 is 34.6 Å². The molecule has 3 aromatic rings. The van der Waals surface area contributed by atoms with Crippen LogP contribution in [0.3, 0.4) is 0 Å². The second-order valence-electron chi connectivity index (χ2n) is 12.2. The van der Waals surface area contributed by atoms with E-state index in [4.69, 9.17) is 0 Å². The van der Waals surface area contributed by atoms with E-state index in [1.165, 1.54) is 0 Å². The first-order valence-corrected chi connectivity index (χ1v) is 21.0. The standard InChI is InChI=1S/C42H54N6O6S2/c1-2-3-6-37(14-8-35-10-16-39(17-11-35)46(23-27-49)24-28-50)45-33-41(53)43-20-31-55-56-32-21-44-42(54)34-48-22-5-4-7-38(48)15-9-36-12-18-40(19-13-36)47(25-29-51)26-30-52/h2-19,22,49-52H,1,20-21,23-34H2,(H-,43,44,53,54)/p+1/b6-3-,14-8+,45-37-. The van der Waals surface area contributed by atoms with Gasteiger partial charge in [0.1, 0.15) is 6.54 Å². The van der Waals surface area contributed by atoms with Gasteiger partial charge in [-0.2, -0.15) is 4.57 Å². The number of rotatable bonds is 27. The molecule has 2 aromatic carbocycles. The number of benzene rings is 2. The van der Waals surface area contributed by atoms with Gasteiger partial charge in [0.15, 0.2) is 6.20 Å². The molecule has 300 valence electrons. The van der Waals surface area contributed by atoms with Crippen molar-refractivity contribution in [2.24, 2.45) is 4.99 Å². The maximum atomic E-state index is 12.7. The molecule has 1 heterocycles. The van der Waals surface area contributed by atoms with Gasteiger partial charge >= 0.3 is 0 Å². The predicted molar refractivity (Wildman–Crippen MR) is 233 cm³/mol. The van der Waals surface area contributed by atoms with Crippen LogP contribution >= 0.6 is 21.6 Å². The minimum atomic E-state index is -0.177. The molecular formula is C42H55N6O6S2+. The number of aliphatic imine (C=N–C) groups is 1. The Morgan fingerprint density at radius 2 is 1.23 bits per heavy atom. The third-order valence-corrected chi connectivity index (χ3v) is 10.5. The van der Waals surface area contributed by atoms with Crippen molar-refractivity contribution in [3.05, 3.63) is 121 Å². The summed E-state index contributed by atoms with van der Waals surface area (Å²) in [5.74, 6) is 1.18. The smallest absolute Gasteiger partial charge is 0.286 e. The minimum absolute atomic E-state index is 0.00120. The minimum Gasteiger partial charge on any atom is -0.395 e. The van der Waals surface area contributed by atoms with Crippen LogP contribution in [0.15, 0.2) is 109 Å². The molecule has 3 rings (SSSR count). The second kappa shape index (κ2) is 27.8.